The first kappa shape index (κ1) is 22.8. The molecule has 3 rings (SSSR count). The number of nitrogens with zero attached hydrogens (tertiary/aromatic N) is 1. The third kappa shape index (κ3) is 5.64. The third-order valence-electron chi connectivity index (χ3n) is 4.76. The van der Waals surface area contributed by atoms with Crippen LogP contribution in [-0.4, -0.2) is 36.0 Å². The van der Waals surface area contributed by atoms with Crippen molar-refractivity contribution in [3.63, 3.8) is 0 Å². The average Bonchev–Trinajstić information content (AvgIpc) is 2.73. The lowest BCUT2D eigenvalue weighted by molar-refractivity contribution is 0.102. The molecule has 3 amide bonds. The van der Waals surface area contributed by atoms with E-state index in [0.29, 0.717) is 13.1 Å². The highest BCUT2D eigenvalue weighted by Gasteiger charge is 2.23. The van der Waals surface area contributed by atoms with E-state index >= 15 is 0 Å². The van der Waals surface area contributed by atoms with Gasteiger partial charge in [-0.15, -0.1) is 0 Å². The smallest absolute Gasteiger partial charge is 0.321 e. The summed E-state index contributed by atoms with van der Waals surface area (Å²) in [7, 11) is 0. The minimum atomic E-state index is -0.814. The number of halogens is 3. The fourth-order valence-corrected chi connectivity index (χ4v) is 3.48. The Hall–Kier alpha value is -2.87. The van der Waals surface area contributed by atoms with E-state index in [-0.39, 0.29) is 33.8 Å². The maximum absolute atomic E-state index is 14.8. The Balaban J connectivity index is 1.88. The van der Waals surface area contributed by atoms with Crippen LogP contribution in [-0.2, 0) is 0 Å². The SMILES string of the molecule is CC(C)Oc1cc(NC(=O)N2CCCCC2)c(F)cc1C(=O)Nc1c(F)cccc1Cl. The molecule has 0 aliphatic carbocycles. The Bertz CT molecular complexity index is 958. The standard InChI is InChI=1S/C22H24ClF2N3O3/c1-13(2)31-19-12-18(26-22(30)28-9-4-3-5-10-28)17(25)11-14(19)21(29)27-20-15(23)7-6-8-16(20)24/h6-8,11-13H,3-5,9-10H2,1-2H3,(H,26,30)(H,27,29). The van der Waals surface area contributed by atoms with Gasteiger partial charge in [0.15, 0.2) is 0 Å². The fourth-order valence-electron chi connectivity index (χ4n) is 3.27. The summed E-state index contributed by atoms with van der Waals surface area (Å²) in [6, 6.07) is 5.77. The molecule has 1 aliphatic rings. The zero-order valence-electron chi connectivity index (χ0n) is 17.3. The summed E-state index contributed by atoms with van der Waals surface area (Å²) in [6.07, 6.45) is 2.52. The van der Waals surface area contributed by atoms with Crippen molar-refractivity contribution in [3.05, 3.63) is 52.6 Å². The van der Waals surface area contributed by atoms with Gasteiger partial charge in [-0.25, -0.2) is 13.6 Å². The molecule has 0 aromatic heterocycles. The normalized spacial score (nSPS) is 13.8. The monoisotopic (exact) mass is 451 g/mol. The molecule has 0 saturated carbocycles. The van der Waals surface area contributed by atoms with E-state index < -0.39 is 23.6 Å². The number of anilines is 2. The van der Waals surface area contributed by atoms with Crippen molar-refractivity contribution in [3.8, 4) is 5.75 Å². The number of para-hydroxylation sites is 1. The zero-order chi connectivity index (χ0) is 22.5. The summed E-state index contributed by atoms with van der Waals surface area (Å²) in [4.78, 5) is 26.9. The van der Waals surface area contributed by atoms with Crippen molar-refractivity contribution in [2.75, 3.05) is 23.7 Å². The molecule has 9 heteroatoms. The van der Waals surface area contributed by atoms with E-state index in [4.69, 9.17) is 16.3 Å². The number of carbonyl (C=O) groups excluding carboxylic acids is 2. The minimum Gasteiger partial charge on any atom is -0.490 e. The van der Waals surface area contributed by atoms with Gasteiger partial charge in [0.05, 0.1) is 28.1 Å². The van der Waals surface area contributed by atoms with Gasteiger partial charge in [0.2, 0.25) is 0 Å². The number of piperidine rings is 1. The lowest BCUT2D eigenvalue weighted by Gasteiger charge is -2.27. The van der Waals surface area contributed by atoms with E-state index in [2.05, 4.69) is 10.6 Å². The van der Waals surface area contributed by atoms with Crippen LogP contribution in [0, 0.1) is 11.6 Å². The molecule has 0 bridgehead atoms. The van der Waals surface area contributed by atoms with Crippen molar-refractivity contribution >= 4 is 34.9 Å². The first-order valence-electron chi connectivity index (χ1n) is 10.1. The van der Waals surface area contributed by atoms with Crippen LogP contribution < -0.4 is 15.4 Å². The maximum Gasteiger partial charge on any atom is 0.321 e. The number of carbonyl (C=O) groups is 2. The molecule has 1 aliphatic heterocycles. The molecule has 2 N–H and O–H groups in total. The quantitative estimate of drug-likeness (QED) is 0.614. The molecule has 31 heavy (non-hydrogen) atoms. The Morgan fingerprint density at radius 3 is 2.42 bits per heavy atom. The Morgan fingerprint density at radius 2 is 1.77 bits per heavy atom. The molecule has 0 spiro atoms. The van der Waals surface area contributed by atoms with Crippen LogP contribution in [0.25, 0.3) is 0 Å². The number of ether oxygens (including phenoxy) is 1. The summed E-state index contributed by atoms with van der Waals surface area (Å²) in [5, 5.41) is 4.91. The van der Waals surface area contributed by atoms with Crippen LogP contribution in [0.15, 0.2) is 30.3 Å². The lowest BCUT2D eigenvalue weighted by Crippen LogP contribution is -2.38. The average molecular weight is 452 g/mol. The Labute approximate surface area is 184 Å². The molecule has 1 heterocycles. The summed E-state index contributed by atoms with van der Waals surface area (Å²) < 4.78 is 34.5. The predicted octanol–water partition coefficient (Wildman–Crippen LogP) is 5.68. The number of amides is 3. The molecule has 2 aromatic rings. The first-order valence-corrected chi connectivity index (χ1v) is 10.5. The predicted molar refractivity (Wildman–Crippen MR) is 116 cm³/mol. The third-order valence-corrected chi connectivity index (χ3v) is 5.08. The molecular formula is C22H24ClF2N3O3. The highest BCUT2D eigenvalue weighted by molar-refractivity contribution is 6.34. The van der Waals surface area contributed by atoms with E-state index in [1.807, 2.05) is 0 Å². The van der Waals surface area contributed by atoms with Crippen LogP contribution in [0.5, 0.6) is 5.75 Å². The van der Waals surface area contributed by atoms with Gasteiger partial charge in [-0.2, -0.15) is 0 Å². The second-order valence-electron chi connectivity index (χ2n) is 7.52. The van der Waals surface area contributed by atoms with E-state index in [1.165, 1.54) is 18.2 Å². The molecule has 1 fully saturated rings. The first-order chi connectivity index (χ1) is 14.8. The molecule has 0 unspecified atom stereocenters. The molecule has 6 nitrogen and oxygen atoms in total. The second-order valence-corrected chi connectivity index (χ2v) is 7.93. The number of hydrogen-bond donors (Lipinski definition) is 2. The summed E-state index contributed by atoms with van der Waals surface area (Å²) >= 11 is 5.96. The van der Waals surface area contributed by atoms with Crippen LogP contribution in [0.1, 0.15) is 43.5 Å². The molecule has 166 valence electrons. The van der Waals surface area contributed by atoms with Gasteiger partial charge >= 0.3 is 6.03 Å². The van der Waals surface area contributed by atoms with Crippen LogP contribution >= 0.6 is 11.6 Å². The second kappa shape index (κ2) is 9.96. The van der Waals surface area contributed by atoms with Gasteiger partial charge in [-0.1, -0.05) is 17.7 Å². The highest BCUT2D eigenvalue weighted by atomic mass is 35.5. The highest BCUT2D eigenvalue weighted by Crippen LogP contribution is 2.31. The number of rotatable bonds is 5. The largest absolute Gasteiger partial charge is 0.490 e. The van der Waals surface area contributed by atoms with Gasteiger partial charge in [-0.3, -0.25) is 4.79 Å². The molecule has 2 aromatic carbocycles. The van der Waals surface area contributed by atoms with E-state index in [1.54, 1.807) is 18.7 Å². The number of urea groups is 1. The zero-order valence-corrected chi connectivity index (χ0v) is 18.1. The topological polar surface area (TPSA) is 70.7 Å². The van der Waals surface area contributed by atoms with Gasteiger partial charge < -0.3 is 20.3 Å². The number of benzene rings is 2. The van der Waals surface area contributed by atoms with Gasteiger partial charge in [0.25, 0.3) is 5.91 Å². The minimum absolute atomic E-state index is 0.00515. The van der Waals surface area contributed by atoms with Gasteiger partial charge in [0.1, 0.15) is 17.4 Å². The Morgan fingerprint density at radius 1 is 1.06 bits per heavy atom. The maximum atomic E-state index is 14.8. The molecule has 1 saturated heterocycles. The lowest BCUT2D eigenvalue weighted by atomic mass is 10.1. The van der Waals surface area contributed by atoms with Crippen LogP contribution in [0.2, 0.25) is 5.02 Å². The van der Waals surface area contributed by atoms with Gasteiger partial charge in [-0.05, 0) is 51.3 Å². The molecule has 0 atom stereocenters. The van der Waals surface area contributed by atoms with Crippen LogP contribution in [0.4, 0.5) is 25.0 Å². The van der Waals surface area contributed by atoms with Gasteiger partial charge in [0, 0.05) is 19.2 Å². The van der Waals surface area contributed by atoms with Crippen LogP contribution in [0.3, 0.4) is 0 Å². The summed E-state index contributed by atoms with van der Waals surface area (Å²) in [5.74, 6) is -2.28. The fraction of sp³-hybridized carbons (Fsp3) is 0.364. The molecule has 0 radical (unpaired) electrons. The molecular weight excluding hydrogens is 428 g/mol. The van der Waals surface area contributed by atoms with E-state index in [0.717, 1.165) is 31.4 Å². The summed E-state index contributed by atoms with van der Waals surface area (Å²) in [6.45, 7) is 4.69. The number of nitrogens with one attached hydrogen (secondary N) is 2. The van der Waals surface area contributed by atoms with Crippen molar-refractivity contribution in [2.24, 2.45) is 0 Å². The number of likely N-dealkylation sites (tertiary alicyclic amines) is 1. The Kier molecular flexibility index (Phi) is 7.33. The van der Waals surface area contributed by atoms with Crippen molar-refractivity contribution < 1.29 is 23.1 Å². The van der Waals surface area contributed by atoms with E-state index in [9.17, 15) is 18.4 Å². The van der Waals surface area contributed by atoms with Crippen molar-refractivity contribution in [2.45, 2.75) is 39.2 Å². The summed E-state index contributed by atoms with van der Waals surface area (Å²) in [5.41, 5.74) is -0.472. The van der Waals surface area contributed by atoms with Crippen molar-refractivity contribution in [1.29, 1.82) is 0 Å². The number of hydrogen-bond acceptors (Lipinski definition) is 3. The van der Waals surface area contributed by atoms with Crippen molar-refractivity contribution in [1.82, 2.24) is 4.90 Å².